The zero-order chi connectivity index (χ0) is 21.5. The number of aromatic nitrogens is 5. The van der Waals surface area contributed by atoms with Crippen molar-refractivity contribution >= 4 is 34.3 Å². The molecule has 2 aromatic carbocycles. The van der Waals surface area contributed by atoms with Crippen LogP contribution in [0.2, 0.25) is 0 Å². The van der Waals surface area contributed by atoms with Gasteiger partial charge in [-0.25, -0.2) is 9.98 Å². The quantitative estimate of drug-likeness (QED) is 0.175. The SMILES string of the molecule is [O-]/C(CSc1nnc2c(n1)-c1cccc3cccc-2c13)=N\c1c[n+](N2CCCCC2)no1. The van der Waals surface area contributed by atoms with Crippen LogP contribution in [0.25, 0.3) is 33.3 Å². The molecule has 4 aromatic rings. The van der Waals surface area contributed by atoms with Crippen molar-refractivity contribution in [1.29, 1.82) is 0 Å². The van der Waals surface area contributed by atoms with Gasteiger partial charge in [0, 0.05) is 22.3 Å². The van der Waals surface area contributed by atoms with Crippen LogP contribution in [-0.4, -0.2) is 45.2 Å². The molecule has 2 aliphatic rings. The summed E-state index contributed by atoms with van der Waals surface area (Å²) in [5.74, 6) is -0.0649. The number of rotatable bonds is 5. The lowest BCUT2D eigenvalue weighted by molar-refractivity contribution is -0.759. The van der Waals surface area contributed by atoms with E-state index in [1.165, 1.54) is 18.2 Å². The smallest absolute Gasteiger partial charge is 0.324 e. The van der Waals surface area contributed by atoms with Gasteiger partial charge < -0.3 is 5.11 Å². The fourth-order valence-corrected chi connectivity index (χ4v) is 4.82. The Labute approximate surface area is 187 Å². The molecule has 10 heteroatoms. The number of nitrogens with zero attached hydrogens (tertiary/aromatic N) is 7. The van der Waals surface area contributed by atoms with Gasteiger partial charge in [-0.1, -0.05) is 48.2 Å². The molecule has 9 nitrogen and oxygen atoms in total. The highest BCUT2D eigenvalue weighted by molar-refractivity contribution is 7.99. The first-order valence-electron chi connectivity index (χ1n) is 10.5. The normalized spacial score (nSPS) is 15.4. The number of aliphatic imine (C=N–C) groups is 1. The van der Waals surface area contributed by atoms with Crippen LogP contribution in [0.15, 0.2) is 57.3 Å². The summed E-state index contributed by atoms with van der Waals surface area (Å²) >= 11 is 1.21. The van der Waals surface area contributed by atoms with Crippen molar-refractivity contribution in [3.63, 3.8) is 0 Å². The molecular weight excluding hydrogens is 426 g/mol. The molecule has 1 saturated heterocycles. The number of piperidine rings is 1. The average molecular weight is 446 g/mol. The largest absolute Gasteiger partial charge is 0.861 e. The Morgan fingerprint density at radius 2 is 1.84 bits per heavy atom. The maximum Gasteiger partial charge on any atom is 0.324 e. The average Bonchev–Trinajstić information content (AvgIpc) is 3.43. The zero-order valence-corrected chi connectivity index (χ0v) is 18.0. The summed E-state index contributed by atoms with van der Waals surface area (Å²) in [6, 6.07) is 12.3. The maximum absolute atomic E-state index is 12.4. The third-order valence-corrected chi connectivity index (χ3v) is 6.53. The van der Waals surface area contributed by atoms with E-state index in [2.05, 4.69) is 42.6 Å². The molecule has 0 N–H and O–H groups in total. The van der Waals surface area contributed by atoms with Gasteiger partial charge in [-0.05, 0) is 30.5 Å². The third kappa shape index (κ3) is 3.36. The summed E-state index contributed by atoms with van der Waals surface area (Å²) in [4.78, 5) is 10.3. The van der Waals surface area contributed by atoms with Gasteiger partial charge in [-0.15, -0.1) is 10.2 Å². The Bertz CT molecular complexity index is 1340. The van der Waals surface area contributed by atoms with Crippen molar-refractivity contribution in [2.45, 2.75) is 24.4 Å². The monoisotopic (exact) mass is 445 g/mol. The molecule has 0 atom stereocenters. The molecule has 6 rings (SSSR count). The minimum atomic E-state index is -0.341. The van der Waals surface area contributed by atoms with Crippen molar-refractivity contribution in [3.8, 4) is 22.5 Å². The van der Waals surface area contributed by atoms with E-state index < -0.39 is 0 Å². The number of fused-ring (bicyclic) bond motifs is 3. The summed E-state index contributed by atoms with van der Waals surface area (Å²) < 4.78 is 5.20. The summed E-state index contributed by atoms with van der Waals surface area (Å²) in [6.45, 7) is 1.83. The van der Waals surface area contributed by atoms with Gasteiger partial charge in [0.1, 0.15) is 11.4 Å². The number of thioether (sulfide) groups is 1. The van der Waals surface area contributed by atoms with E-state index in [4.69, 9.17) is 4.52 Å². The van der Waals surface area contributed by atoms with Crippen molar-refractivity contribution in [1.82, 2.24) is 20.5 Å². The standard InChI is InChI=1S/C22H19N7O2S/c30-17(23-18-12-29(27-31-18)28-10-2-1-3-11-28)13-32-22-24-20-15-8-4-6-14-7-5-9-16(19(14)15)21(20)25-26-22/h4-9,12H,1-3,10-11,13H2. The number of hydrogen-bond acceptors (Lipinski definition) is 9. The molecule has 0 unspecified atom stereocenters. The van der Waals surface area contributed by atoms with Crippen molar-refractivity contribution < 1.29 is 14.4 Å². The van der Waals surface area contributed by atoms with E-state index in [-0.39, 0.29) is 17.5 Å². The van der Waals surface area contributed by atoms with Gasteiger partial charge in [0.2, 0.25) is 10.4 Å². The van der Waals surface area contributed by atoms with Gasteiger partial charge in [0.15, 0.2) is 0 Å². The second kappa shape index (κ2) is 7.86. The van der Waals surface area contributed by atoms with Crippen LogP contribution in [0.4, 0.5) is 5.88 Å². The van der Waals surface area contributed by atoms with Gasteiger partial charge in [0.25, 0.3) is 6.20 Å². The van der Waals surface area contributed by atoms with E-state index in [1.807, 2.05) is 24.3 Å². The molecule has 0 spiro atoms. The van der Waals surface area contributed by atoms with Gasteiger partial charge >= 0.3 is 5.88 Å². The van der Waals surface area contributed by atoms with E-state index in [9.17, 15) is 5.11 Å². The number of benzene rings is 2. The predicted octanol–water partition coefficient (Wildman–Crippen LogP) is 2.25. The van der Waals surface area contributed by atoms with Crippen molar-refractivity contribution in [3.05, 3.63) is 42.6 Å². The van der Waals surface area contributed by atoms with Crippen LogP contribution < -0.4 is 14.9 Å². The molecular formula is C22H19N7O2S. The fraction of sp³-hybridized carbons (Fsp3) is 0.273. The van der Waals surface area contributed by atoms with Crippen molar-refractivity contribution in [2.75, 3.05) is 23.9 Å². The highest BCUT2D eigenvalue weighted by Gasteiger charge is 2.25. The first kappa shape index (κ1) is 19.2. The predicted molar refractivity (Wildman–Crippen MR) is 118 cm³/mol. The van der Waals surface area contributed by atoms with Crippen molar-refractivity contribution in [2.24, 2.45) is 4.99 Å². The second-order valence-corrected chi connectivity index (χ2v) is 8.71. The topological polar surface area (TPSA) is 107 Å². The lowest BCUT2D eigenvalue weighted by Gasteiger charge is -2.17. The summed E-state index contributed by atoms with van der Waals surface area (Å²) in [5, 5.41) is 29.8. The highest BCUT2D eigenvalue weighted by Crippen LogP contribution is 2.44. The Morgan fingerprint density at radius 1 is 1.06 bits per heavy atom. The van der Waals surface area contributed by atoms with E-state index >= 15 is 0 Å². The first-order chi connectivity index (χ1) is 15.8. The lowest BCUT2D eigenvalue weighted by Crippen LogP contribution is -2.60. The van der Waals surface area contributed by atoms with Gasteiger partial charge in [0.05, 0.1) is 17.9 Å². The summed E-state index contributed by atoms with van der Waals surface area (Å²) in [6.07, 6.45) is 5.11. The Kier molecular flexibility index (Phi) is 4.71. The molecule has 160 valence electrons. The molecule has 2 aromatic heterocycles. The van der Waals surface area contributed by atoms with E-state index in [0.29, 0.717) is 5.16 Å². The second-order valence-electron chi connectivity index (χ2n) is 7.77. The molecule has 0 saturated carbocycles. The van der Waals surface area contributed by atoms with Gasteiger partial charge in [-0.2, -0.15) is 5.01 Å². The summed E-state index contributed by atoms with van der Waals surface area (Å²) in [7, 11) is 0. The molecule has 1 aliphatic heterocycles. The van der Waals surface area contributed by atoms with E-state index in [1.54, 1.807) is 11.0 Å². The molecule has 1 fully saturated rings. The molecule has 32 heavy (non-hydrogen) atoms. The maximum atomic E-state index is 12.4. The molecule has 3 heterocycles. The van der Waals surface area contributed by atoms with Gasteiger partial charge in [-0.3, -0.25) is 4.52 Å². The Hall–Kier alpha value is -3.53. The Balaban J connectivity index is 1.18. The number of hydrogen-bond donors (Lipinski definition) is 0. The fourth-order valence-electron chi connectivity index (χ4n) is 4.25. The molecule has 0 amide bonds. The van der Waals surface area contributed by atoms with Crippen LogP contribution in [0.3, 0.4) is 0 Å². The van der Waals surface area contributed by atoms with Crippen LogP contribution >= 0.6 is 11.8 Å². The molecule has 1 aliphatic carbocycles. The summed E-state index contributed by atoms with van der Waals surface area (Å²) in [5.41, 5.74) is 3.67. The van der Waals surface area contributed by atoms with Crippen LogP contribution in [-0.2, 0) is 0 Å². The lowest BCUT2D eigenvalue weighted by atomic mass is 10.0. The van der Waals surface area contributed by atoms with Crippen LogP contribution in [0.5, 0.6) is 0 Å². The minimum Gasteiger partial charge on any atom is -0.861 e. The third-order valence-electron chi connectivity index (χ3n) is 5.71. The molecule has 0 radical (unpaired) electrons. The van der Waals surface area contributed by atoms with E-state index in [0.717, 1.165) is 59.2 Å². The van der Waals surface area contributed by atoms with Crippen LogP contribution in [0, 0.1) is 0 Å². The highest BCUT2D eigenvalue weighted by atomic mass is 32.2. The zero-order valence-electron chi connectivity index (χ0n) is 17.1. The Morgan fingerprint density at radius 3 is 2.66 bits per heavy atom. The first-order valence-corrected chi connectivity index (χ1v) is 11.5. The molecule has 0 bridgehead atoms. The van der Waals surface area contributed by atoms with Crippen LogP contribution in [0.1, 0.15) is 19.3 Å². The minimum absolute atomic E-state index is 0.0853.